The number of hydrogen-bond donors (Lipinski definition) is 1. The predicted octanol–water partition coefficient (Wildman–Crippen LogP) is 1.89. The zero-order valence-corrected chi connectivity index (χ0v) is 9.94. The van der Waals surface area contributed by atoms with Crippen LogP contribution < -0.4 is 5.32 Å². The number of nitrogens with one attached hydrogen (secondary N) is 1. The number of methoxy groups -OCH3 is 1. The summed E-state index contributed by atoms with van der Waals surface area (Å²) >= 11 is 1.40. The van der Waals surface area contributed by atoms with Gasteiger partial charge < -0.3 is 10.1 Å². The Balaban J connectivity index is 2.51. The van der Waals surface area contributed by atoms with Gasteiger partial charge >= 0.3 is 0 Å². The lowest BCUT2D eigenvalue weighted by molar-refractivity contribution is 0.211. The van der Waals surface area contributed by atoms with Crippen LogP contribution in [0.15, 0.2) is 0 Å². The fourth-order valence-corrected chi connectivity index (χ4v) is 1.64. The van der Waals surface area contributed by atoms with Gasteiger partial charge in [0.2, 0.25) is 5.13 Å². The third-order valence-electron chi connectivity index (χ3n) is 1.68. The Hall–Kier alpha value is -0.680. The third kappa shape index (κ3) is 3.23. The van der Waals surface area contributed by atoms with Crippen LogP contribution in [0.1, 0.15) is 26.6 Å². The molecular weight excluding hydrogens is 198 g/mol. The molecule has 0 aliphatic heterocycles. The maximum absolute atomic E-state index is 4.93. The molecule has 0 unspecified atom stereocenters. The van der Waals surface area contributed by atoms with Crippen molar-refractivity contribution in [1.82, 2.24) is 9.36 Å². The van der Waals surface area contributed by atoms with E-state index in [0.717, 1.165) is 17.5 Å². The summed E-state index contributed by atoms with van der Waals surface area (Å²) in [5.74, 6) is 0.891. The highest BCUT2D eigenvalue weighted by Crippen LogP contribution is 2.22. The van der Waals surface area contributed by atoms with Gasteiger partial charge in [0.15, 0.2) is 0 Å². The van der Waals surface area contributed by atoms with Crippen molar-refractivity contribution in [3.05, 3.63) is 5.82 Å². The van der Waals surface area contributed by atoms with E-state index in [1.165, 1.54) is 11.5 Å². The molecule has 1 aromatic rings. The van der Waals surface area contributed by atoms with Crippen molar-refractivity contribution in [2.75, 3.05) is 25.6 Å². The summed E-state index contributed by atoms with van der Waals surface area (Å²) in [6.07, 6.45) is 0. The maximum atomic E-state index is 4.93. The lowest BCUT2D eigenvalue weighted by Crippen LogP contribution is -2.13. The third-order valence-corrected chi connectivity index (χ3v) is 2.35. The molecule has 1 N–H and O–H groups in total. The van der Waals surface area contributed by atoms with Gasteiger partial charge in [-0.3, -0.25) is 0 Å². The molecule has 0 saturated carbocycles. The van der Waals surface area contributed by atoms with Crippen LogP contribution in [0.3, 0.4) is 0 Å². The smallest absolute Gasteiger partial charge is 0.202 e. The Labute approximate surface area is 88.9 Å². The van der Waals surface area contributed by atoms with E-state index < -0.39 is 0 Å². The number of aromatic nitrogens is 2. The van der Waals surface area contributed by atoms with E-state index in [1.54, 1.807) is 7.11 Å². The van der Waals surface area contributed by atoms with Crippen LogP contribution in [-0.2, 0) is 10.2 Å². The second-order valence-corrected chi connectivity index (χ2v) is 4.84. The quantitative estimate of drug-likeness (QED) is 0.779. The van der Waals surface area contributed by atoms with E-state index in [1.807, 2.05) is 0 Å². The second-order valence-electron chi connectivity index (χ2n) is 4.09. The summed E-state index contributed by atoms with van der Waals surface area (Å²) in [5.41, 5.74) is 0.0255. The van der Waals surface area contributed by atoms with Gasteiger partial charge in [0, 0.05) is 30.6 Å². The van der Waals surface area contributed by atoms with Crippen molar-refractivity contribution < 1.29 is 4.74 Å². The topological polar surface area (TPSA) is 47.0 Å². The van der Waals surface area contributed by atoms with Gasteiger partial charge in [-0.2, -0.15) is 4.37 Å². The number of anilines is 1. The van der Waals surface area contributed by atoms with E-state index in [2.05, 4.69) is 35.4 Å². The Bertz CT molecular complexity index is 280. The zero-order valence-electron chi connectivity index (χ0n) is 9.13. The first-order valence-electron chi connectivity index (χ1n) is 4.61. The van der Waals surface area contributed by atoms with E-state index in [-0.39, 0.29) is 5.41 Å². The SMILES string of the molecule is COCCNc1nc(C(C)(C)C)ns1. The normalized spacial score (nSPS) is 11.7. The number of rotatable bonds is 4. The first-order chi connectivity index (χ1) is 6.54. The molecule has 0 amide bonds. The molecule has 0 bridgehead atoms. The number of ether oxygens (including phenoxy) is 1. The highest BCUT2D eigenvalue weighted by atomic mass is 32.1. The maximum Gasteiger partial charge on any atom is 0.202 e. The standard InChI is InChI=1S/C9H17N3OS/c1-9(2,3)7-11-8(14-12-7)10-5-6-13-4/h5-6H2,1-4H3,(H,10,11,12). The van der Waals surface area contributed by atoms with Crippen LogP contribution in [0.4, 0.5) is 5.13 Å². The molecule has 14 heavy (non-hydrogen) atoms. The molecule has 80 valence electrons. The van der Waals surface area contributed by atoms with Gasteiger partial charge in [-0.15, -0.1) is 0 Å². The van der Waals surface area contributed by atoms with E-state index in [4.69, 9.17) is 4.74 Å². The summed E-state index contributed by atoms with van der Waals surface area (Å²) in [4.78, 5) is 4.39. The van der Waals surface area contributed by atoms with Crippen molar-refractivity contribution in [3.63, 3.8) is 0 Å². The Morgan fingerprint density at radius 3 is 2.64 bits per heavy atom. The molecule has 4 nitrogen and oxygen atoms in total. The van der Waals surface area contributed by atoms with E-state index in [9.17, 15) is 0 Å². The molecular formula is C9H17N3OS. The Morgan fingerprint density at radius 1 is 1.43 bits per heavy atom. The van der Waals surface area contributed by atoms with Crippen LogP contribution in [-0.4, -0.2) is 29.6 Å². The van der Waals surface area contributed by atoms with Gasteiger partial charge in [0.25, 0.3) is 0 Å². The largest absolute Gasteiger partial charge is 0.383 e. The summed E-state index contributed by atoms with van der Waals surface area (Å²) < 4.78 is 9.23. The molecule has 0 spiro atoms. The molecule has 1 aromatic heterocycles. The van der Waals surface area contributed by atoms with Crippen LogP contribution in [0.25, 0.3) is 0 Å². The number of hydrogen-bond acceptors (Lipinski definition) is 5. The lowest BCUT2D eigenvalue weighted by Gasteiger charge is -2.12. The average molecular weight is 215 g/mol. The van der Waals surface area contributed by atoms with Crippen molar-refractivity contribution in [1.29, 1.82) is 0 Å². The molecule has 0 saturated heterocycles. The minimum absolute atomic E-state index is 0.0255. The van der Waals surface area contributed by atoms with Crippen molar-refractivity contribution in [2.45, 2.75) is 26.2 Å². The monoisotopic (exact) mass is 215 g/mol. The molecule has 0 atom stereocenters. The minimum Gasteiger partial charge on any atom is -0.383 e. The highest BCUT2D eigenvalue weighted by Gasteiger charge is 2.19. The van der Waals surface area contributed by atoms with Crippen molar-refractivity contribution in [3.8, 4) is 0 Å². The van der Waals surface area contributed by atoms with Gasteiger partial charge in [-0.05, 0) is 0 Å². The Kier molecular flexibility index (Phi) is 3.83. The number of nitrogens with zero attached hydrogens (tertiary/aromatic N) is 2. The molecule has 0 fully saturated rings. The van der Waals surface area contributed by atoms with Crippen molar-refractivity contribution >= 4 is 16.7 Å². The van der Waals surface area contributed by atoms with Crippen molar-refractivity contribution in [2.24, 2.45) is 0 Å². The molecule has 1 heterocycles. The van der Waals surface area contributed by atoms with E-state index >= 15 is 0 Å². The summed E-state index contributed by atoms with van der Waals surface area (Å²) in [6, 6.07) is 0. The van der Waals surface area contributed by atoms with Gasteiger partial charge in [-0.1, -0.05) is 20.8 Å². The van der Waals surface area contributed by atoms with Crippen LogP contribution in [0.5, 0.6) is 0 Å². The highest BCUT2D eigenvalue weighted by molar-refractivity contribution is 7.09. The first-order valence-corrected chi connectivity index (χ1v) is 5.38. The van der Waals surface area contributed by atoms with Gasteiger partial charge in [-0.25, -0.2) is 4.98 Å². The molecule has 0 aliphatic carbocycles. The molecule has 5 heteroatoms. The molecule has 0 radical (unpaired) electrons. The summed E-state index contributed by atoms with van der Waals surface area (Å²) in [5, 5.41) is 4.03. The first kappa shape index (κ1) is 11.4. The molecule has 0 aromatic carbocycles. The summed E-state index contributed by atoms with van der Waals surface area (Å²) in [7, 11) is 1.68. The van der Waals surface area contributed by atoms with Crippen LogP contribution in [0, 0.1) is 0 Å². The van der Waals surface area contributed by atoms with E-state index in [0.29, 0.717) is 6.61 Å². The molecule has 1 rings (SSSR count). The molecule has 0 aliphatic rings. The average Bonchev–Trinajstić information content (AvgIpc) is 2.52. The fraction of sp³-hybridized carbons (Fsp3) is 0.778. The summed E-state index contributed by atoms with van der Waals surface area (Å²) in [6.45, 7) is 7.77. The predicted molar refractivity (Wildman–Crippen MR) is 59.0 cm³/mol. The zero-order chi connectivity index (χ0) is 10.6. The van der Waals surface area contributed by atoms with Gasteiger partial charge in [0.05, 0.1) is 6.61 Å². The van der Waals surface area contributed by atoms with Crippen LogP contribution >= 0.6 is 11.5 Å². The second kappa shape index (κ2) is 4.70. The fourth-order valence-electron chi connectivity index (χ4n) is 0.860. The van der Waals surface area contributed by atoms with Crippen LogP contribution in [0.2, 0.25) is 0 Å². The minimum atomic E-state index is 0.0255. The van der Waals surface area contributed by atoms with Gasteiger partial charge in [0.1, 0.15) is 5.82 Å². The lowest BCUT2D eigenvalue weighted by atomic mass is 9.96. The Morgan fingerprint density at radius 2 is 2.14 bits per heavy atom.